The lowest BCUT2D eigenvalue weighted by Crippen LogP contribution is -2.07. The average molecular weight is 236 g/mol. The van der Waals surface area contributed by atoms with Crippen molar-refractivity contribution in [3.8, 4) is 0 Å². The molecular formula is C10H9FN4O2. The van der Waals surface area contributed by atoms with E-state index in [0.717, 1.165) is 6.20 Å². The number of rotatable bonds is 3. The summed E-state index contributed by atoms with van der Waals surface area (Å²) in [6, 6.07) is 2.84. The van der Waals surface area contributed by atoms with E-state index in [-0.39, 0.29) is 5.82 Å². The predicted octanol–water partition coefficient (Wildman–Crippen LogP) is 0.647. The molecule has 0 spiro atoms. The highest BCUT2D eigenvalue weighted by atomic mass is 19.1. The van der Waals surface area contributed by atoms with E-state index in [1.54, 1.807) is 0 Å². The molecule has 0 aliphatic rings. The molecule has 0 bridgehead atoms. The molecule has 0 fully saturated rings. The fourth-order valence-electron chi connectivity index (χ4n) is 1.22. The zero-order chi connectivity index (χ0) is 12.3. The summed E-state index contributed by atoms with van der Waals surface area (Å²) in [5.41, 5.74) is 0.618. The Labute approximate surface area is 96.1 Å². The molecule has 2 aromatic rings. The van der Waals surface area contributed by atoms with Gasteiger partial charge in [-0.15, -0.1) is 5.10 Å². The SMILES string of the molecule is COC(=O)c1ncn(Cc2ccc(F)cn2)n1. The van der Waals surface area contributed by atoms with Gasteiger partial charge in [-0.1, -0.05) is 0 Å². The number of carbonyl (C=O) groups is 1. The Morgan fingerprint density at radius 1 is 1.47 bits per heavy atom. The van der Waals surface area contributed by atoms with E-state index >= 15 is 0 Å². The normalized spacial score (nSPS) is 10.2. The monoisotopic (exact) mass is 236 g/mol. The summed E-state index contributed by atoms with van der Waals surface area (Å²) in [4.78, 5) is 18.7. The molecule has 0 amide bonds. The number of nitrogens with zero attached hydrogens (tertiary/aromatic N) is 4. The molecule has 0 aliphatic carbocycles. The van der Waals surface area contributed by atoms with Crippen molar-refractivity contribution in [2.75, 3.05) is 7.11 Å². The van der Waals surface area contributed by atoms with Gasteiger partial charge in [0.1, 0.15) is 12.1 Å². The largest absolute Gasteiger partial charge is 0.463 e. The first kappa shape index (κ1) is 11.2. The minimum absolute atomic E-state index is 0.0189. The van der Waals surface area contributed by atoms with E-state index in [1.807, 2.05) is 0 Å². The lowest BCUT2D eigenvalue weighted by Gasteiger charge is -1.99. The van der Waals surface area contributed by atoms with Gasteiger partial charge in [0, 0.05) is 0 Å². The van der Waals surface area contributed by atoms with Gasteiger partial charge >= 0.3 is 5.97 Å². The number of halogens is 1. The van der Waals surface area contributed by atoms with Crippen molar-refractivity contribution in [2.45, 2.75) is 6.54 Å². The second-order valence-electron chi connectivity index (χ2n) is 3.23. The van der Waals surface area contributed by atoms with Gasteiger partial charge in [-0.25, -0.2) is 18.9 Å². The van der Waals surface area contributed by atoms with Crippen LogP contribution >= 0.6 is 0 Å². The summed E-state index contributed by atoms with van der Waals surface area (Å²) < 4.78 is 18.5. The molecule has 2 aromatic heterocycles. The van der Waals surface area contributed by atoms with Crippen molar-refractivity contribution in [1.82, 2.24) is 19.7 Å². The highest BCUT2D eigenvalue weighted by molar-refractivity contribution is 5.84. The smallest absolute Gasteiger partial charge is 0.377 e. The van der Waals surface area contributed by atoms with Gasteiger partial charge in [0.15, 0.2) is 0 Å². The maximum atomic E-state index is 12.6. The second-order valence-corrected chi connectivity index (χ2v) is 3.23. The molecule has 0 N–H and O–H groups in total. The van der Waals surface area contributed by atoms with Gasteiger partial charge in [-0.2, -0.15) is 0 Å². The van der Waals surface area contributed by atoms with Crippen LogP contribution in [0.15, 0.2) is 24.7 Å². The van der Waals surface area contributed by atoms with Gasteiger partial charge in [0.05, 0.1) is 25.5 Å². The van der Waals surface area contributed by atoms with Crippen LogP contribution in [-0.2, 0) is 11.3 Å². The van der Waals surface area contributed by atoms with Crippen molar-refractivity contribution in [2.24, 2.45) is 0 Å². The summed E-state index contributed by atoms with van der Waals surface area (Å²) in [7, 11) is 1.25. The van der Waals surface area contributed by atoms with E-state index in [0.29, 0.717) is 12.2 Å². The van der Waals surface area contributed by atoms with Crippen LogP contribution in [0, 0.1) is 5.82 Å². The fraction of sp³-hybridized carbons (Fsp3) is 0.200. The highest BCUT2D eigenvalue weighted by Crippen LogP contribution is 2.01. The number of aromatic nitrogens is 4. The van der Waals surface area contributed by atoms with Crippen LogP contribution in [0.3, 0.4) is 0 Å². The first-order valence-corrected chi connectivity index (χ1v) is 4.77. The zero-order valence-corrected chi connectivity index (χ0v) is 9.00. The Morgan fingerprint density at radius 3 is 2.94 bits per heavy atom. The Hall–Kier alpha value is -2.31. The number of carbonyl (C=O) groups excluding carboxylic acids is 1. The Kier molecular flexibility index (Phi) is 3.08. The van der Waals surface area contributed by atoms with Crippen LogP contribution in [0.2, 0.25) is 0 Å². The van der Waals surface area contributed by atoms with Crippen molar-refractivity contribution in [3.63, 3.8) is 0 Å². The first-order chi connectivity index (χ1) is 8.19. The molecule has 88 valence electrons. The Bertz CT molecular complexity index is 523. The van der Waals surface area contributed by atoms with Crippen LogP contribution in [0.5, 0.6) is 0 Å². The third-order valence-electron chi connectivity index (χ3n) is 2.02. The standard InChI is InChI=1S/C10H9FN4O2/c1-17-10(16)9-13-6-15(14-9)5-8-3-2-7(11)4-12-8/h2-4,6H,5H2,1H3. The lowest BCUT2D eigenvalue weighted by molar-refractivity contribution is 0.0586. The Morgan fingerprint density at radius 2 is 2.29 bits per heavy atom. The maximum Gasteiger partial charge on any atom is 0.377 e. The number of hydrogen-bond acceptors (Lipinski definition) is 5. The molecule has 2 rings (SSSR count). The number of esters is 1. The summed E-state index contributed by atoms with van der Waals surface area (Å²) in [6.07, 6.45) is 2.50. The molecule has 17 heavy (non-hydrogen) atoms. The topological polar surface area (TPSA) is 69.9 Å². The first-order valence-electron chi connectivity index (χ1n) is 4.77. The third kappa shape index (κ3) is 2.63. The van der Waals surface area contributed by atoms with E-state index in [9.17, 15) is 9.18 Å². The highest BCUT2D eigenvalue weighted by Gasteiger charge is 2.11. The molecular weight excluding hydrogens is 227 g/mol. The van der Waals surface area contributed by atoms with Crippen LogP contribution < -0.4 is 0 Å². The summed E-state index contributed by atoms with van der Waals surface area (Å²) in [5, 5.41) is 3.90. The van der Waals surface area contributed by atoms with Gasteiger partial charge < -0.3 is 4.74 Å². The third-order valence-corrected chi connectivity index (χ3v) is 2.02. The van der Waals surface area contributed by atoms with Crippen molar-refractivity contribution >= 4 is 5.97 Å². The average Bonchev–Trinajstić information content (AvgIpc) is 2.80. The van der Waals surface area contributed by atoms with Crippen LogP contribution in [0.4, 0.5) is 4.39 Å². The number of hydrogen-bond donors (Lipinski definition) is 0. The number of methoxy groups -OCH3 is 1. The molecule has 0 radical (unpaired) electrons. The molecule has 0 aromatic carbocycles. The van der Waals surface area contributed by atoms with E-state index in [2.05, 4.69) is 19.8 Å². The lowest BCUT2D eigenvalue weighted by atomic mass is 10.3. The van der Waals surface area contributed by atoms with Crippen molar-refractivity contribution in [1.29, 1.82) is 0 Å². The Balaban J connectivity index is 2.11. The number of ether oxygens (including phenoxy) is 1. The van der Waals surface area contributed by atoms with E-state index < -0.39 is 11.8 Å². The molecule has 0 unspecified atom stereocenters. The van der Waals surface area contributed by atoms with Gasteiger partial charge in [0.2, 0.25) is 0 Å². The van der Waals surface area contributed by atoms with Crippen molar-refractivity contribution in [3.05, 3.63) is 42.0 Å². The molecule has 0 saturated heterocycles. The van der Waals surface area contributed by atoms with E-state index in [1.165, 1.54) is 30.3 Å². The second kappa shape index (κ2) is 4.69. The van der Waals surface area contributed by atoms with Gasteiger partial charge in [0.25, 0.3) is 5.82 Å². The molecule has 7 heteroatoms. The van der Waals surface area contributed by atoms with Gasteiger partial charge in [-0.05, 0) is 12.1 Å². The minimum atomic E-state index is -0.601. The van der Waals surface area contributed by atoms with Crippen molar-refractivity contribution < 1.29 is 13.9 Å². The van der Waals surface area contributed by atoms with Crippen LogP contribution in [-0.4, -0.2) is 32.8 Å². The number of pyridine rings is 1. The summed E-state index contributed by atoms with van der Waals surface area (Å²) in [5.74, 6) is -1.02. The summed E-state index contributed by atoms with van der Waals surface area (Å²) in [6.45, 7) is 0.310. The van der Waals surface area contributed by atoms with Gasteiger partial charge in [-0.3, -0.25) is 4.98 Å². The van der Waals surface area contributed by atoms with Crippen LogP contribution in [0.25, 0.3) is 0 Å². The molecule has 2 heterocycles. The fourth-order valence-corrected chi connectivity index (χ4v) is 1.22. The minimum Gasteiger partial charge on any atom is -0.463 e. The van der Waals surface area contributed by atoms with E-state index in [4.69, 9.17) is 0 Å². The maximum absolute atomic E-state index is 12.6. The quantitative estimate of drug-likeness (QED) is 0.732. The summed E-state index contributed by atoms with van der Waals surface area (Å²) >= 11 is 0. The zero-order valence-electron chi connectivity index (χ0n) is 9.00. The predicted molar refractivity (Wildman–Crippen MR) is 54.7 cm³/mol. The molecule has 0 aliphatic heterocycles. The molecule has 0 saturated carbocycles. The molecule has 6 nitrogen and oxygen atoms in total. The van der Waals surface area contributed by atoms with Crippen LogP contribution in [0.1, 0.15) is 16.3 Å². The molecule has 0 atom stereocenters.